The van der Waals surface area contributed by atoms with Crippen LogP contribution in [0.15, 0.2) is 12.3 Å². The summed E-state index contributed by atoms with van der Waals surface area (Å²) in [7, 11) is 0. The lowest BCUT2D eigenvalue weighted by Crippen LogP contribution is -2.11. The first-order chi connectivity index (χ1) is 5.96. The molecule has 6 heteroatoms. The maximum atomic E-state index is 12.3. The number of rotatable bonds is 1. The van der Waals surface area contributed by atoms with Crippen LogP contribution in [-0.2, 0) is 12.8 Å². The fraction of sp³-hybridized carbons (Fsp3) is 0.286. The summed E-state index contributed by atoms with van der Waals surface area (Å²) in [4.78, 5) is 3.29. The first kappa shape index (κ1) is 10.3. The van der Waals surface area contributed by atoms with Crippen LogP contribution < -0.4 is 0 Å². The minimum absolute atomic E-state index is 0.271. The van der Waals surface area contributed by atoms with Gasteiger partial charge in [-0.05, 0) is 11.6 Å². The van der Waals surface area contributed by atoms with Crippen molar-refractivity contribution in [1.29, 1.82) is 0 Å². The van der Waals surface area contributed by atoms with Crippen LogP contribution in [0.5, 0.6) is 0 Å². The molecule has 0 amide bonds. The van der Waals surface area contributed by atoms with Crippen LogP contribution in [0.4, 0.5) is 13.2 Å². The summed E-state index contributed by atoms with van der Waals surface area (Å²) in [5.74, 6) is 0. The molecular weight excluding hydrogens is 207 g/mol. The van der Waals surface area contributed by atoms with Crippen LogP contribution in [0, 0.1) is 0 Å². The Balaban J connectivity index is 3.32. The van der Waals surface area contributed by atoms with E-state index in [-0.39, 0.29) is 5.56 Å². The van der Waals surface area contributed by atoms with Crippen LogP contribution >= 0.6 is 11.6 Å². The lowest BCUT2D eigenvalue weighted by atomic mass is 10.1. The molecule has 0 spiro atoms. The van der Waals surface area contributed by atoms with Gasteiger partial charge < -0.3 is 5.11 Å². The standard InChI is InChI=1S/C7H5ClF3NO/c8-6-5(7(9,10)11)4(3-13)1-2-12-6/h1-2,13H,3H2. The summed E-state index contributed by atoms with van der Waals surface area (Å²) in [6, 6.07) is 1.08. The summed E-state index contributed by atoms with van der Waals surface area (Å²) in [6.07, 6.45) is -3.47. The summed E-state index contributed by atoms with van der Waals surface area (Å²) >= 11 is 5.25. The molecule has 1 heterocycles. The molecule has 0 fully saturated rings. The van der Waals surface area contributed by atoms with Crippen molar-refractivity contribution in [3.05, 3.63) is 28.5 Å². The molecule has 0 atom stereocenters. The highest BCUT2D eigenvalue weighted by molar-refractivity contribution is 6.30. The van der Waals surface area contributed by atoms with E-state index in [4.69, 9.17) is 16.7 Å². The van der Waals surface area contributed by atoms with Gasteiger partial charge in [-0.1, -0.05) is 11.6 Å². The van der Waals surface area contributed by atoms with Gasteiger partial charge in [-0.15, -0.1) is 0 Å². The molecule has 0 aliphatic heterocycles. The summed E-state index contributed by atoms with van der Waals surface area (Å²) < 4.78 is 36.8. The molecule has 1 aromatic rings. The maximum absolute atomic E-state index is 12.3. The van der Waals surface area contributed by atoms with Crippen LogP contribution in [0.3, 0.4) is 0 Å². The number of hydrogen-bond donors (Lipinski definition) is 1. The highest BCUT2D eigenvalue weighted by Crippen LogP contribution is 2.35. The van der Waals surface area contributed by atoms with Crippen molar-refractivity contribution in [2.75, 3.05) is 0 Å². The molecule has 72 valence electrons. The number of aromatic nitrogens is 1. The second-order valence-corrected chi connectivity index (χ2v) is 2.65. The van der Waals surface area contributed by atoms with Gasteiger partial charge in [-0.25, -0.2) is 4.98 Å². The van der Waals surface area contributed by atoms with E-state index in [1.807, 2.05) is 0 Å². The topological polar surface area (TPSA) is 33.1 Å². The molecule has 0 aliphatic rings. The van der Waals surface area contributed by atoms with E-state index in [9.17, 15) is 13.2 Å². The van der Waals surface area contributed by atoms with Crippen LogP contribution in [0.2, 0.25) is 5.15 Å². The number of pyridine rings is 1. The van der Waals surface area contributed by atoms with Gasteiger partial charge in [0.1, 0.15) is 5.15 Å². The zero-order chi connectivity index (χ0) is 10.1. The Labute approximate surface area is 77.0 Å². The maximum Gasteiger partial charge on any atom is 0.419 e. The van der Waals surface area contributed by atoms with E-state index < -0.39 is 23.5 Å². The molecule has 1 rings (SSSR count). The average Bonchev–Trinajstić information content (AvgIpc) is 2.01. The predicted molar refractivity (Wildman–Crippen MR) is 40.2 cm³/mol. The average molecular weight is 212 g/mol. The van der Waals surface area contributed by atoms with E-state index in [0.29, 0.717) is 0 Å². The minimum atomic E-state index is -4.58. The number of alkyl halides is 3. The fourth-order valence-corrected chi connectivity index (χ4v) is 1.19. The Kier molecular flexibility index (Phi) is 2.77. The highest BCUT2D eigenvalue weighted by Gasteiger charge is 2.36. The lowest BCUT2D eigenvalue weighted by Gasteiger charge is -2.11. The fourth-order valence-electron chi connectivity index (χ4n) is 0.904. The second-order valence-electron chi connectivity index (χ2n) is 2.29. The number of nitrogens with zero attached hydrogens (tertiary/aromatic N) is 1. The predicted octanol–water partition coefficient (Wildman–Crippen LogP) is 2.25. The Morgan fingerprint density at radius 1 is 1.46 bits per heavy atom. The van der Waals surface area contributed by atoms with Crippen molar-refractivity contribution in [2.24, 2.45) is 0 Å². The summed E-state index contributed by atoms with van der Waals surface area (Å²) in [6.45, 7) is -0.711. The van der Waals surface area contributed by atoms with Gasteiger partial charge in [-0.2, -0.15) is 13.2 Å². The van der Waals surface area contributed by atoms with Crippen molar-refractivity contribution in [1.82, 2.24) is 4.98 Å². The van der Waals surface area contributed by atoms with Crippen molar-refractivity contribution in [2.45, 2.75) is 12.8 Å². The minimum Gasteiger partial charge on any atom is -0.392 e. The van der Waals surface area contributed by atoms with Gasteiger partial charge in [0.25, 0.3) is 0 Å². The smallest absolute Gasteiger partial charge is 0.392 e. The van der Waals surface area contributed by atoms with Crippen molar-refractivity contribution < 1.29 is 18.3 Å². The van der Waals surface area contributed by atoms with E-state index in [0.717, 1.165) is 12.3 Å². The molecule has 0 aromatic carbocycles. The first-order valence-electron chi connectivity index (χ1n) is 3.28. The van der Waals surface area contributed by atoms with Gasteiger partial charge in [0.2, 0.25) is 0 Å². The van der Waals surface area contributed by atoms with Gasteiger partial charge >= 0.3 is 6.18 Å². The normalized spacial score (nSPS) is 11.8. The van der Waals surface area contributed by atoms with E-state index >= 15 is 0 Å². The molecule has 0 radical (unpaired) electrons. The van der Waals surface area contributed by atoms with E-state index in [1.54, 1.807) is 0 Å². The van der Waals surface area contributed by atoms with Crippen molar-refractivity contribution >= 4 is 11.6 Å². The molecule has 0 bridgehead atoms. The van der Waals surface area contributed by atoms with Gasteiger partial charge in [0.15, 0.2) is 0 Å². The second kappa shape index (κ2) is 3.51. The van der Waals surface area contributed by atoms with Gasteiger partial charge in [0.05, 0.1) is 12.2 Å². The molecule has 0 saturated heterocycles. The largest absolute Gasteiger partial charge is 0.419 e. The third-order valence-electron chi connectivity index (χ3n) is 1.44. The molecule has 0 saturated carbocycles. The third-order valence-corrected chi connectivity index (χ3v) is 1.73. The van der Waals surface area contributed by atoms with E-state index in [2.05, 4.69) is 4.98 Å². The zero-order valence-corrected chi connectivity index (χ0v) is 7.02. The van der Waals surface area contributed by atoms with Crippen LogP contribution in [0.1, 0.15) is 11.1 Å². The molecule has 13 heavy (non-hydrogen) atoms. The number of aliphatic hydroxyl groups is 1. The zero-order valence-electron chi connectivity index (χ0n) is 6.27. The Morgan fingerprint density at radius 3 is 2.46 bits per heavy atom. The number of halogens is 4. The third kappa shape index (κ3) is 2.10. The summed E-state index contributed by atoms with van der Waals surface area (Å²) in [5, 5.41) is 7.98. The van der Waals surface area contributed by atoms with Crippen molar-refractivity contribution in [3.63, 3.8) is 0 Å². The van der Waals surface area contributed by atoms with E-state index in [1.165, 1.54) is 0 Å². The quantitative estimate of drug-likeness (QED) is 0.723. The molecule has 1 N–H and O–H groups in total. The Bertz CT molecular complexity index is 313. The first-order valence-corrected chi connectivity index (χ1v) is 3.66. The Hall–Kier alpha value is -0.810. The molecule has 1 aromatic heterocycles. The number of hydrogen-bond acceptors (Lipinski definition) is 2. The molecule has 0 aliphatic carbocycles. The lowest BCUT2D eigenvalue weighted by molar-refractivity contribution is -0.138. The SMILES string of the molecule is OCc1ccnc(Cl)c1C(F)(F)F. The van der Waals surface area contributed by atoms with Crippen LogP contribution in [0.25, 0.3) is 0 Å². The Morgan fingerprint density at radius 2 is 2.08 bits per heavy atom. The van der Waals surface area contributed by atoms with Crippen LogP contribution in [-0.4, -0.2) is 10.1 Å². The number of aliphatic hydroxyl groups excluding tert-OH is 1. The monoisotopic (exact) mass is 211 g/mol. The van der Waals surface area contributed by atoms with Gasteiger partial charge in [-0.3, -0.25) is 0 Å². The molecular formula is C7H5ClF3NO. The molecule has 2 nitrogen and oxygen atoms in total. The summed E-state index contributed by atoms with van der Waals surface area (Å²) in [5.41, 5.74) is -1.34. The van der Waals surface area contributed by atoms with Gasteiger partial charge in [0, 0.05) is 6.20 Å². The van der Waals surface area contributed by atoms with Crippen molar-refractivity contribution in [3.8, 4) is 0 Å². The highest BCUT2D eigenvalue weighted by atomic mass is 35.5. The molecule has 0 unspecified atom stereocenters.